The molecule has 3 N–H and O–H groups in total. The van der Waals surface area contributed by atoms with E-state index in [1.807, 2.05) is 38.5 Å². The predicted octanol–water partition coefficient (Wildman–Crippen LogP) is 3.43. The second-order valence-corrected chi connectivity index (χ2v) is 11.4. The van der Waals surface area contributed by atoms with Crippen LogP contribution in [0.25, 0.3) is 22.2 Å². The van der Waals surface area contributed by atoms with Gasteiger partial charge in [0.05, 0.1) is 30.3 Å². The molecule has 0 spiro atoms. The van der Waals surface area contributed by atoms with E-state index in [1.165, 1.54) is 0 Å². The monoisotopic (exact) mass is 610 g/mol. The Morgan fingerprint density at radius 1 is 0.733 bits per heavy atom. The maximum absolute atomic E-state index is 13.3. The van der Waals surface area contributed by atoms with Crippen molar-refractivity contribution >= 4 is 40.0 Å². The fourth-order valence-electron chi connectivity index (χ4n) is 5.85. The summed E-state index contributed by atoms with van der Waals surface area (Å²) in [5.74, 6) is -0.855. The summed E-state index contributed by atoms with van der Waals surface area (Å²) in [6.07, 6.45) is 5.33. The minimum atomic E-state index is -0.361. The van der Waals surface area contributed by atoms with Crippen LogP contribution in [0.2, 0.25) is 0 Å². The Hall–Kier alpha value is -5.07. The summed E-state index contributed by atoms with van der Waals surface area (Å²) in [5.41, 5.74) is 5.34. The molecule has 0 radical (unpaired) electrons. The van der Waals surface area contributed by atoms with E-state index in [1.54, 1.807) is 52.3 Å². The third-order valence-electron chi connectivity index (χ3n) is 8.29. The lowest BCUT2D eigenvalue weighted by Gasteiger charge is -2.26. The third-order valence-corrected chi connectivity index (χ3v) is 8.29. The summed E-state index contributed by atoms with van der Waals surface area (Å²) in [5, 5.41) is 9.87. The van der Waals surface area contributed by atoms with Gasteiger partial charge >= 0.3 is 0 Å². The zero-order chi connectivity index (χ0) is 31.7. The van der Waals surface area contributed by atoms with Crippen molar-refractivity contribution in [1.29, 1.82) is 0 Å². The van der Waals surface area contributed by atoms with Crippen LogP contribution in [-0.2, 0) is 32.9 Å². The molecule has 0 saturated carbocycles. The number of rotatable bonds is 9. The lowest BCUT2D eigenvalue weighted by Crippen LogP contribution is -2.41. The minimum absolute atomic E-state index is 0.209. The van der Waals surface area contributed by atoms with Gasteiger partial charge in [-0.3, -0.25) is 19.3 Å². The number of hydrogen-bond donors (Lipinski definition) is 3. The zero-order valence-corrected chi connectivity index (χ0v) is 26.0. The molecule has 12 heteroatoms. The van der Waals surface area contributed by atoms with E-state index in [-0.39, 0.29) is 17.7 Å². The SMILES string of the molecule is Cn1cc(NC(=O)c2cc(NC(=O)c3cc(-c4cc5ccccc5n4C)cn3C)cn2C)cc1C(=O)NCCN1CCOCC1. The van der Waals surface area contributed by atoms with Gasteiger partial charge in [-0.1, -0.05) is 18.2 Å². The van der Waals surface area contributed by atoms with Crippen molar-refractivity contribution in [2.45, 2.75) is 0 Å². The summed E-state index contributed by atoms with van der Waals surface area (Å²) >= 11 is 0. The number of fused-ring (bicyclic) bond motifs is 1. The van der Waals surface area contributed by atoms with Crippen molar-refractivity contribution < 1.29 is 19.1 Å². The van der Waals surface area contributed by atoms with E-state index in [0.29, 0.717) is 48.2 Å². The van der Waals surface area contributed by atoms with Crippen LogP contribution >= 0.6 is 0 Å². The first kappa shape index (κ1) is 30.0. The van der Waals surface area contributed by atoms with Crippen molar-refractivity contribution in [1.82, 2.24) is 28.5 Å². The zero-order valence-electron chi connectivity index (χ0n) is 26.0. The van der Waals surface area contributed by atoms with Crippen LogP contribution in [0.4, 0.5) is 11.4 Å². The minimum Gasteiger partial charge on any atom is -0.379 e. The molecule has 0 bridgehead atoms. The van der Waals surface area contributed by atoms with Crippen molar-refractivity contribution in [3.63, 3.8) is 0 Å². The number of benzene rings is 1. The van der Waals surface area contributed by atoms with Crippen LogP contribution in [0.5, 0.6) is 0 Å². The third kappa shape index (κ3) is 6.28. The number of nitrogens with one attached hydrogen (secondary N) is 3. The van der Waals surface area contributed by atoms with Gasteiger partial charge in [0.25, 0.3) is 17.7 Å². The van der Waals surface area contributed by atoms with Gasteiger partial charge in [0.15, 0.2) is 0 Å². The summed E-state index contributed by atoms with van der Waals surface area (Å²) in [6, 6.07) is 15.4. The number of amides is 3. The van der Waals surface area contributed by atoms with E-state index in [9.17, 15) is 14.4 Å². The van der Waals surface area contributed by atoms with Crippen LogP contribution in [0.1, 0.15) is 31.5 Å². The number of aryl methyl sites for hydroxylation is 4. The molecule has 1 aliphatic rings. The number of carbonyl (C=O) groups is 3. The van der Waals surface area contributed by atoms with Gasteiger partial charge in [-0.2, -0.15) is 0 Å². The predicted molar refractivity (Wildman–Crippen MR) is 174 cm³/mol. The van der Waals surface area contributed by atoms with E-state index in [2.05, 4.69) is 43.6 Å². The number of anilines is 2. The Labute approximate surface area is 261 Å². The van der Waals surface area contributed by atoms with Crippen molar-refractivity contribution in [2.24, 2.45) is 28.2 Å². The summed E-state index contributed by atoms with van der Waals surface area (Å²) in [6.45, 7) is 4.43. The number of ether oxygens (including phenoxy) is 1. The Kier molecular flexibility index (Phi) is 8.33. The fraction of sp³-hybridized carbons (Fsp3) is 0.303. The van der Waals surface area contributed by atoms with Gasteiger partial charge in [-0.15, -0.1) is 0 Å². The first-order chi connectivity index (χ1) is 21.7. The van der Waals surface area contributed by atoms with Gasteiger partial charge in [-0.05, 0) is 30.3 Å². The van der Waals surface area contributed by atoms with E-state index in [0.717, 1.165) is 41.8 Å². The molecule has 6 rings (SSSR count). The van der Waals surface area contributed by atoms with Gasteiger partial charge in [0.1, 0.15) is 17.1 Å². The maximum Gasteiger partial charge on any atom is 0.272 e. The van der Waals surface area contributed by atoms with Gasteiger partial charge in [0, 0.05) is 89.4 Å². The van der Waals surface area contributed by atoms with Crippen LogP contribution in [0, 0.1) is 0 Å². The topological polar surface area (TPSA) is 119 Å². The molecule has 4 aromatic heterocycles. The molecule has 234 valence electrons. The maximum atomic E-state index is 13.3. The average Bonchev–Trinajstić information content (AvgIpc) is 3.78. The van der Waals surface area contributed by atoms with Crippen molar-refractivity contribution in [3.8, 4) is 11.3 Å². The molecule has 1 saturated heterocycles. The van der Waals surface area contributed by atoms with Crippen LogP contribution in [0.3, 0.4) is 0 Å². The standard InChI is InChI=1S/C33H38N8O4/c1-37-19-23(27-15-22-7-5-6-8-26(22)40(27)4)16-28(37)32(43)35-25-18-30(39(3)21-25)33(44)36-24-17-29(38(2)20-24)31(42)34-9-10-41-11-13-45-14-12-41/h5-8,15-21H,9-14H2,1-4H3,(H,34,42)(H,35,43)(H,36,44). The highest BCUT2D eigenvalue weighted by Gasteiger charge is 2.20. The summed E-state index contributed by atoms with van der Waals surface area (Å²) < 4.78 is 12.6. The smallest absolute Gasteiger partial charge is 0.272 e. The van der Waals surface area contributed by atoms with Crippen LogP contribution in [0.15, 0.2) is 67.1 Å². The number of hydrogen-bond acceptors (Lipinski definition) is 5. The quantitative estimate of drug-likeness (QED) is 0.236. The number of carbonyl (C=O) groups excluding carboxylic acids is 3. The molecule has 45 heavy (non-hydrogen) atoms. The second-order valence-electron chi connectivity index (χ2n) is 11.4. The Morgan fingerprint density at radius 2 is 1.31 bits per heavy atom. The second kappa shape index (κ2) is 12.5. The summed E-state index contributed by atoms with van der Waals surface area (Å²) in [4.78, 5) is 41.5. The molecule has 1 aliphatic heterocycles. The molecule has 5 aromatic rings. The highest BCUT2D eigenvalue weighted by Crippen LogP contribution is 2.29. The van der Waals surface area contributed by atoms with Gasteiger partial charge in [-0.25, -0.2) is 0 Å². The first-order valence-electron chi connectivity index (χ1n) is 14.9. The Balaban J connectivity index is 1.09. The highest BCUT2D eigenvalue weighted by atomic mass is 16.5. The molecule has 5 heterocycles. The van der Waals surface area contributed by atoms with E-state index < -0.39 is 0 Å². The van der Waals surface area contributed by atoms with E-state index in [4.69, 9.17) is 4.74 Å². The normalized spacial score (nSPS) is 13.7. The van der Waals surface area contributed by atoms with Crippen molar-refractivity contribution in [3.05, 3.63) is 84.2 Å². The molecule has 0 aliphatic carbocycles. The molecule has 12 nitrogen and oxygen atoms in total. The van der Waals surface area contributed by atoms with E-state index >= 15 is 0 Å². The Morgan fingerprint density at radius 3 is 1.96 bits per heavy atom. The Bertz CT molecular complexity index is 1890. The first-order valence-corrected chi connectivity index (χ1v) is 14.9. The number of nitrogens with zero attached hydrogens (tertiary/aromatic N) is 5. The number of morpholine rings is 1. The van der Waals surface area contributed by atoms with Crippen LogP contribution in [-0.4, -0.2) is 80.3 Å². The van der Waals surface area contributed by atoms with Gasteiger partial charge in [0.2, 0.25) is 0 Å². The molecule has 3 amide bonds. The lowest BCUT2D eigenvalue weighted by molar-refractivity contribution is 0.0383. The molecule has 1 fully saturated rings. The summed E-state index contributed by atoms with van der Waals surface area (Å²) in [7, 11) is 7.35. The number of aromatic nitrogens is 4. The lowest BCUT2D eigenvalue weighted by atomic mass is 10.2. The molecular formula is C33H38N8O4. The fourth-order valence-corrected chi connectivity index (χ4v) is 5.85. The average molecular weight is 611 g/mol. The molecule has 1 aromatic carbocycles. The molecular weight excluding hydrogens is 572 g/mol. The highest BCUT2D eigenvalue weighted by molar-refractivity contribution is 6.07. The molecule has 0 unspecified atom stereocenters. The van der Waals surface area contributed by atoms with Gasteiger partial charge < -0.3 is 39.0 Å². The van der Waals surface area contributed by atoms with Crippen LogP contribution < -0.4 is 16.0 Å². The molecule has 0 atom stereocenters. The van der Waals surface area contributed by atoms with Crippen molar-refractivity contribution in [2.75, 3.05) is 50.0 Å². The largest absolute Gasteiger partial charge is 0.379 e. The number of para-hydroxylation sites is 1.